The van der Waals surface area contributed by atoms with Crippen molar-refractivity contribution in [2.75, 3.05) is 7.11 Å². The van der Waals surface area contributed by atoms with Crippen LogP contribution >= 0.6 is 11.6 Å². The highest BCUT2D eigenvalue weighted by atomic mass is 35.5. The molecule has 2 nitrogen and oxygen atoms in total. The van der Waals surface area contributed by atoms with Gasteiger partial charge >= 0.3 is 0 Å². The molecule has 0 spiro atoms. The number of aliphatic hydroxyl groups is 1. The molecule has 0 saturated carbocycles. The van der Waals surface area contributed by atoms with E-state index in [1.807, 2.05) is 0 Å². The molecule has 1 N–H and O–H groups in total. The van der Waals surface area contributed by atoms with Gasteiger partial charge in [0.1, 0.15) is 0 Å². The maximum Gasteiger partial charge on any atom is 0.165 e. The third kappa shape index (κ3) is 3.46. The maximum absolute atomic E-state index is 13.5. The van der Waals surface area contributed by atoms with Crippen molar-refractivity contribution in [1.29, 1.82) is 0 Å². The van der Waals surface area contributed by atoms with Crippen molar-refractivity contribution in [1.82, 2.24) is 0 Å². The van der Waals surface area contributed by atoms with Crippen molar-refractivity contribution in [3.63, 3.8) is 0 Å². The lowest BCUT2D eigenvalue weighted by Crippen LogP contribution is -2.02. The molecule has 0 aliphatic carbocycles. The lowest BCUT2D eigenvalue weighted by molar-refractivity contribution is 0.178. The van der Waals surface area contributed by atoms with Crippen molar-refractivity contribution in [3.05, 3.63) is 64.4 Å². The summed E-state index contributed by atoms with van der Waals surface area (Å²) in [5, 5.41) is 10.7. The predicted octanol–water partition coefficient (Wildman–Crippen LogP) is 3.76. The molecule has 2 aromatic rings. The molecule has 19 heavy (non-hydrogen) atoms. The molecule has 2 rings (SSSR count). The first-order chi connectivity index (χ1) is 9.10. The van der Waals surface area contributed by atoms with Gasteiger partial charge in [0, 0.05) is 11.4 Å². The van der Waals surface area contributed by atoms with Gasteiger partial charge in [-0.25, -0.2) is 4.39 Å². The first-order valence-electron chi connectivity index (χ1n) is 5.86. The topological polar surface area (TPSA) is 29.5 Å². The normalized spacial score (nSPS) is 12.2. The highest BCUT2D eigenvalue weighted by Crippen LogP contribution is 2.23. The molecule has 0 bridgehead atoms. The Morgan fingerprint density at radius 1 is 1.21 bits per heavy atom. The first-order valence-corrected chi connectivity index (χ1v) is 6.24. The van der Waals surface area contributed by atoms with Gasteiger partial charge in [-0.3, -0.25) is 0 Å². The van der Waals surface area contributed by atoms with Crippen molar-refractivity contribution in [2.45, 2.75) is 12.5 Å². The summed E-state index contributed by atoms with van der Waals surface area (Å²) in [5.74, 6) is -0.229. The lowest BCUT2D eigenvalue weighted by Gasteiger charge is -2.12. The van der Waals surface area contributed by atoms with Crippen LogP contribution in [0.4, 0.5) is 4.39 Å². The molecular weight excluding hydrogens is 267 g/mol. The number of halogens is 2. The third-order valence-corrected chi connectivity index (χ3v) is 3.15. The smallest absolute Gasteiger partial charge is 0.165 e. The predicted molar refractivity (Wildman–Crippen MR) is 73.1 cm³/mol. The molecule has 100 valence electrons. The minimum Gasteiger partial charge on any atom is -0.494 e. The van der Waals surface area contributed by atoms with E-state index in [0.717, 1.165) is 5.56 Å². The summed E-state index contributed by atoms with van der Waals surface area (Å²) in [6.45, 7) is 0. The first kappa shape index (κ1) is 13.8. The summed E-state index contributed by atoms with van der Waals surface area (Å²) in [5.41, 5.74) is 1.46. The minimum atomic E-state index is -0.690. The summed E-state index contributed by atoms with van der Waals surface area (Å²) < 4.78 is 18.4. The van der Waals surface area contributed by atoms with Crippen molar-refractivity contribution in [3.8, 4) is 5.75 Å². The van der Waals surface area contributed by atoms with Gasteiger partial charge in [-0.15, -0.1) is 0 Å². The average molecular weight is 281 g/mol. The molecule has 0 heterocycles. The number of ether oxygens (including phenoxy) is 1. The van der Waals surface area contributed by atoms with Gasteiger partial charge in [0.25, 0.3) is 0 Å². The molecule has 0 amide bonds. The number of methoxy groups -OCH3 is 1. The molecule has 0 aliphatic heterocycles. The number of rotatable bonds is 4. The number of aliphatic hydroxyl groups excluding tert-OH is 1. The van der Waals surface area contributed by atoms with Gasteiger partial charge in [-0.1, -0.05) is 29.8 Å². The van der Waals surface area contributed by atoms with E-state index in [9.17, 15) is 9.50 Å². The Morgan fingerprint density at radius 2 is 1.89 bits per heavy atom. The monoisotopic (exact) mass is 280 g/mol. The van der Waals surface area contributed by atoms with E-state index in [1.165, 1.54) is 13.2 Å². The van der Waals surface area contributed by atoms with Crippen LogP contribution in [0.15, 0.2) is 42.5 Å². The quantitative estimate of drug-likeness (QED) is 0.924. The number of hydrogen-bond donors (Lipinski definition) is 1. The molecular formula is C15H14ClFO2. The largest absolute Gasteiger partial charge is 0.494 e. The Kier molecular flexibility index (Phi) is 4.40. The van der Waals surface area contributed by atoms with Gasteiger partial charge < -0.3 is 9.84 Å². The van der Waals surface area contributed by atoms with Crippen LogP contribution in [0.3, 0.4) is 0 Å². The Morgan fingerprint density at radius 3 is 2.47 bits per heavy atom. The molecule has 0 fully saturated rings. The zero-order valence-electron chi connectivity index (χ0n) is 10.4. The van der Waals surface area contributed by atoms with E-state index in [4.69, 9.17) is 16.3 Å². The van der Waals surface area contributed by atoms with Crippen LogP contribution in [0.1, 0.15) is 17.2 Å². The summed E-state index contributed by atoms with van der Waals surface area (Å²) in [6.07, 6.45) is -0.354. The fourth-order valence-corrected chi connectivity index (χ4v) is 1.99. The van der Waals surface area contributed by atoms with Crippen LogP contribution in [-0.4, -0.2) is 12.2 Å². The zero-order valence-corrected chi connectivity index (χ0v) is 11.2. The van der Waals surface area contributed by atoms with Crippen LogP contribution in [0.2, 0.25) is 5.02 Å². The number of hydrogen-bond acceptors (Lipinski definition) is 2. The van der Waals surface area contributed by atoms with E-state index in [0.29, 0.717) is 17.0 Å². The van der Waals surface area contributed by atoms with E-state index < -0.39 is 11.9 Å². The Bertz CT molecular complexity index is 555. The van der Waals surface area contributed by atoms with Crippen molar-refractivity contribution in [2.24, 2.45) is 0 Å². The molecule has 0 aliphatic rings. The van der Waals surface area contributed by atoms with Gasteiger partial charge in [-0.2, -0.15) is 0 Å². The molecule has 0 aromatic heterocycles. The Balaban J connectivity index is 2.12. The second kappa shape index (κ2) is 6.04. The molecule has 2 aromatic carbocycles. The standard InChI is InChI=1S/C15H14ClFO2/c1-19-15-7-2-10(8-13(15)17)9-14(18)11-3-5-12(16)6-4-11/h2-8,14,18H,9H2,1H3. The van der Waals surface area contributed by atoms with E-state index in [1.54, 1.807) is 36.4 Å². The van der Waals surface area contributed by atoms with Gasteiger partial charge in [-0.05, 0) is 35.4 Å². The Labute approximate surface area is 116 Å². The Hall–Kier alpha value is -1.58. The second-order valence-electron chi connectivity index (χ2n) is 4.24. The second-order valence-corrected chi connectivity index (χ2v) is 4.68. The van der Waals surface area contributed by atoms with Crippen LogP contribution in [0, 0.1) is 5.82 Å². The van der Waals surface area contributed by atoms with E-state index in [2.05, 4.69) is 0 Å². The van der Waals surface area contributed by atoms with Crippen molar-refractivity contribution >= 4 is 11.6 Å². The zero-order chi connectivity index (χ0) is 13.8. The van der Waals surface area contributed by atoms with Crippen LogP contribution in [0.5, 0.6) is 5.75 Å². The lowest BCUT2D eigenvalue weighted by atomic mass is 10.0. The molecule has 1 unspecified atom stereocenters. The maximum atomic E-state index is 13.5. The van der Waals surface area contributed by atoms with Gasteiger partial charge in [0.2, 0.25) is 0 Å². The van der Waals surface area contributed by atoms with Gasteiger partial charge in [0.05, 0.1) is 13.2 Å². The highest BCUT2D eigenvalue weighted by molar-refractivity contribution is 6.30. The average Bonchev–Trinajstić information content (AvgIpc) is 2.39. The minimum absolute atomic E-state index is 0.199. The SMILES string of the molecule is COc1ccc(CC(O)c2ccc(Cl)cc2)cc1F. The van der Waals surface area contributed by atoms with E-state index in [-0.39, 0.29) is 5.75 Å². The summed E-state index contributed by atoms with van der Waals surface area (Å²) in [6, 6.07) is 11.6. The molecule has 1 atom stereocenters. The summed E-state index contributed by atoms with van der Waals surface area (Å²) in [4.78, 5) is 0. The molecule has 4 heteroatoms. The number of benzene rings is 2. The molecule has 0 saturated heterocycles. The fraction of sp³-hybridized carbons (Fsp3) is 0.200. The van der Waals surface area contributed by atoms with Crippen LogP contribution in [0.25, 0.3) is 0 Å². The van der Waals surface area contributed by atoms with E-state index >= 15 is 0 Å². The van der Waals surface area contributed by atoms with Crippen LogP contribution < -0.4 is 4.74 Å². The third-order valence-electron chi connectivity index (χ3n) is 2.90. The summed E-state index contributed by atoms with van der Waals surface area (Å²) >= 11 is 5.79. The summed E-state index contributed by atoms with van der Waals surface area (Å²) in [7, 11) is 1.42. The highest BCUT2D eigenvalue weighted by Gasteiger charge is 2.10. The van der Waals surface area contributed by atoms with Gasteiger partial charge in [0.15, 0.2) is 11.6 Å². The van der Waals surface area contributed by atoms with Crippen molar-refractivity contribution < 1.29 is 14.2 Å². The fourth-order valence-electron chi connectivity index (χ4n) is 1.86. The van der Waals surface area contributed by atoms with Crippen LogP contribution in [-0.2, 0) is 6.42 Å². The molecule has 0 radical (unpaired) electrons.